The van der Waals surface area contributed by atoms with Crippen molar-refractivity contribution in [1.29, 1.82) is 0 Å². The Bertz CT molecular complexity index is 1130. The molecule has 218 valence electrons. The number of anilines is 1. The standard InChI is InChI=1S/C32H45N3O5/c1-22-18-35(23(2)21-36)31(37)17-26-16-27(33-32(38)25-8-6-5-7-9-25)12-15-29(26)40-30(22)20-34(3)19-24-10-13-28(39-4)14-11-24/h10-16,22-23,25,30,36H,5-9,17-21H2,1-4H3,(H,33,38)/t22-,23+,30?/m1/s1. The molecule has 40 heavy (non-hydrogen) atoms. The number of rotatable bonds is 9. The van der Waals surface area contributed by atoms with Gasteiger partial charge in [-0.15, -0.1) is 0 Å². The van der Waals surface area contributed by atoms with Crippen molar-refractivity contribution in [3.8, 4) is 11.5 Å². The van der Waals surface area contributed by atoms with E-state index in [1.165, 1.54) is 12.0 Å². The van der Waals surface area contributed by atoms with Crippen LogP contribution in [0.25, 0.3) is 0 Å². The SMILES string of the molecule is COc1ccc(CN(C)CC2Oc3ccc(NC(=O)C4CCCCC4)cc3CC(=O)N([C@@H](C)CO)C[C@H]2C)cc1. The van der Waals surface area contributed by atoms with E-state index in [-0.39, 0.29) is 48.8 Å². The first-order valence-corrected chi connectivity index (χ1v) is 14.6. The second-order valence-electron chi connectivity index (χ2n) is 11.6. The smallest absolute Gasteiger partial charge is 0.227 e. The third-order valence-electron chi connectivity index (χ3n) is 8.26. The van der Waals surface area contributed by atoms with E-state index in [0.717, 1.165) is 43.5 Å². The lowest BCUT2D eigenvalue weighted by Crippen LogP contribution is -2.47. The van der Waals surface area contributed by atoms with E-state index in [4.69, 9.17) is 9.47 Å². The lowest BCUT2D eigenvalue weighted by atomic mass is 9.88. The number of amides is 2. The van der Waals surface area contributed by atoms with Gasteiger partial charge in [-0.25, -0.2) is 0 Å². The van der Waals surface area contributed by atoms with Gasteiger partial charge in [0.1, 0.15) is 17.6 Å². The normalized spacial score (nSPS) is 21.1. The molecule has 2 N–H and O–H groups in total. The Kier molecular flexibility index (Phi) is 10.5. The first kappa shape index (κ1) is 29.9. The zero-order chi connectivity index (χ0) is 28.6. The molecule has 0 spiro atoms. The molecule has 1 fully saturated rings. The van der Waals surface area contributed by atoms with E-state index >= 15 is 0 Å². The summed E-state index contributed by atoms with van der Waals surface area (Å²) in [6.45, 7) is 5.75. The molecule has 0 bridgehead atoms. The minimum absolute atomic E-state index is 0.0212. The van der Waals surface area contributed by atoms with E-state index in [2.05, 4.69) is 36.3 Å². The Morgan fingerprint density at radius 3 is 2.58 bits per heavy atom. The van der Waals surface area contributed by atoms with Gasteiger partial charge in [0.15, 0.2) is 0 Å². The van der Waals surface area contributed by atoms with Gasteiger partial charge in [-0.05, 0) is 62.7 Å². The maximum Gasteiger partial charge on any atom is 0.227 e. The zero-order valence-electron chi connectivity index (χ0n) is 24.4. The molecule has 2 aromatic carbocycles. The number of methoxy groups -OCH3 is 1. The fourth-order valence-electron chi connectivity index (χ4n) is 5.75. The minimum Gasteiger partial charge on any atom is -0.497 e. The molecule has 0 aromatic heterocycles. The Balaban J connectivity index is 1.55. The molecule has 0 saturated heterocycles. The van der Waals surface area contributed by atoms with Gasteiger partial charge in [-0.2, -0.15) is 0 Å². The minimum atomic E-state index is -0.302. The van der Waals surface area contributed by atoms with Crippen molar-refractivity contribution in [2.45, 2.75) is 71.1 Å². The first-order chi connectivity index (χ1) is 19.3. The summed E-state index contributed by atoms with van der Waals surface area (Å²) in [7, 11) is 3.73. The molecule has 2 aromatic rings. The first-order valence-electron chi connectivity index (χ1n) is 14.6. The summed E-state index contributed by atoms with van der Waals surface area (Å²) in [4.78, 5) is 30.4. The van der Waals surface area contributed by atoms with Crippen molar-refractivity contribution in [1.82, 2.24) is 9.80 Å². The number of carbonyl (C=O) groups is 2. The lowest BCUT2D eigenvalue weighted by Gasteiger charge is -2.34. The summed E-state index contributed by atoms with van der Waals surface area (Å²) in [6.07, 6.45) is 5.19. The predicted molar refractivity (Wildman–Crippen MR) is 157 cm³/mol. The summed E-state index contributed by atoms with van der Waals surface area (Å²) < 4.78 is 11.9. The van der Waals surface area contributed by atoms with Crippen LogP contribution < -0.4 is 14.8 Å². The van der Waals surface area contributed by atoms with Crippen molar-refractivity contribution in [3.05, 3.63) is 53.6 Å². The molecule has 1 aliphatic carbocycles. The van der Waals surface area contributed by atoms with Crippen LogP contribution in [0, 0.1) is 11.8 Å². The maximum absolute atomic E-state index is 13.5. The van der Waals surface area contributed by atoms with Gasteiger partial charge in [0.25, 0.3) is 0 Å². The van der Waals surface area contributed by atoms with Gasteiger partial charge in [0, 0.05) is 42.7 Å². The van der Waals surface area contributed by atoms with Crippen LogP contribution >= 0.6 is 0 Å². The third kappa shape index (κ3) is 7.76. The van der Waals surface area contributed by atoms with E-state index in [1.807, 2.05) is 37.3 Å². The van der Waals surface area contributed by atoms with Gasteiger partial charge >= 0.3 is 0 Å². The number of benzene rings is 2. The Hall–Kier alpha value is -3.10. The average molecular weight is 552 g/mol. The molecule has 3 atom stereocenters. The van der Waals surface area contributed by atoms with Crippen molar-refractivity contribution in [2.24, 2.45) is 11.8 Å². The van der Waals surface area contributed by atoms with Gasteiger partial charge in [-0.3, -0.25) is 14.5 Å². The van der Waals surface area contributed by atoms with Crippen LogP contribution in [0.3, 0.4) is 0 Å². The quantitative estimate of drug-likeness (QED) is 0.477. The van der Waals surface area contributed by atoms with Gasteiger partial charge in [0.2, 0.25) is 11.8 Å². The molecule has 8 heteroatoms. The number of carbonyl (C=O) groups excluding carboxylic acids is 2. The third-order valence-corrected chi connectivity index (χ3v) is 8.26. The summed E-state index contributed by atoms with van der Waals surface area (Å²) in [5, 5.41) is 13.0. The largest absolute Gasteiger partial charge is 0.497 e. The van der Waals surface area contributed by atoms with Gasteiger partial charge in [0.05, 0.1) is 26.2 Å². The molecule has 1 unspecified atom stereocenters. The van der Waals surface area contributed by atoms with E-state index < -0.39 is 0 Å². The van der Waals surface area contributed by atoms with Crippen molar-refractivity contribution >= 4 is 17.5 Å². The van der Waals surface area contributed by atoms with E-state index in [9.17, 15) is 14.7 Å². The number of nitrogens with zero attached hydrogens (tertiary/aromatic N) is 2. The summed E-state index contributed by atoms with van der Waals surface area (Å²) in [5.74, 6) is 1.56. The average Bonchev–Trinajstić information content (AvgIpc) is 3.01. The van der Waals surface area contributed by atoms with E-state index in [0.29, 0.717) is 24.5 Å². The van der Waals surface area contributed by atoms with Crippen LogP contribution in [0.15, 0.2) is 42.5 Å². The van der Waals surface area contributed by atoms with E-state index in [1.54, 1.807) is 12.0 Å². The summed E-state index contributed by atoms with van der Waals surface area (Å²) in [5.41, 5.74) is 2.61. The monoisotopic (exact) mass is 551 g/mol. The van der Waals surface area contributed by atoms with Crippen LogP contribution in [0.2, 0.25) is 0 Å². The highest BCUT2D eigenvalue weighted by Crippen LogP contribution is 2.31. The predicted octanol–water partition coefficient (Wildman–Crippen LogP) is 4.50. The molecule has 1 saturated carbocycles. The Labute approximate surface area is 238 Å². The Morgan fingerprint density at radius 2 is 1.90 bits per heavy atom. The maximum atomic E-state index is 13.5. The van der Waals surface area contributed by atoms with Crippen LogP contribution in [0.4, 0.5) is 5.69 Å². The second-order valence-corrected chi connectivity index (χ2v) is 11.6. The lowest BCUT2D eigenvalue weighted by molar-refractivity contribution is -0.134. The number of hydrogen-bond donors (Lipinski definition) is 2. The number of hydrogen-bond acceptors (Lipinski definition) is 6. The van der Waals surface area contributed by atoms with Crippen LogP contribution in [0.5, 0.6) is 11.5 Å². The van der Waals surface area contributed by atoms with Crippen molar-refractivity contribution < 1.29 is 24.2 Å². The van der Waals surface area contributed by atoms with Gasteiger partial charge in [-0.1, -0.05) is 38.3 Å². The van der Waals surface area contributed by atoms with Crippen LogP contribution in [-0.4, -0.2) is 72.7 Å². The molecule has 0 radical (unpaired) electrons. The number of aliphatic hydroxyl groups is 1. The molecule has 1 heterocycles. The summed E-state index contributed by atoms with van der Waals surface area (Å²) in [6, 6.07) is 13.4. The zero-order valence-corrected chi connectivity index (χ0v) is 24.4. The molecule has 2 amide bonds. The fraction of sp³-hybridized carbons (Fsp3) is 0.562. The second kappa shape index (κ2) is 14.0. The molecular formula is C32H45N3O5. The molecule has 8 nitrogen and oxygen atoms in total. The van der Waals surface area contributed by atoms with Crippen molar-refractivity contribution in [3.63, 3.8) is 0 Å². The number of likely N-dealkylation sites (N-methyl/N-ethyl adjacent to an activating group) is 1. The highest BCUT2D eigenvalue weighted by atomic mass is 16.5. The molecule has 1 aliphatic heterocycles. The molecule has 4 rings (SSSR count). The highest BCUT2D eigenvalue weighted by Gasteiger charge is 2.31. The number of ether oxygens (including phenoxy) is 2. The summed E-state index contributed by atoms with van der Waals surface area (Å²) >= 11 is 0. The Morgan fingerprint density at radius 1 is 1.18 bits per heavy atom. The molecule has 2 aliphatic rings. The number of nitrogens with one attached hydrogen (secondary N) is 1. The highest BCUT2D eigenvalue weighted by molar-refractivity contribution is 5.93. The van der Waals surface area contributed by atoms with Gasteiger partial charge < -0.3 is 24.8 Å². The number of fused-ring (bicyclic) bond motifs is 1. The van der Waals surface area contributed by atoms with Crippen LogP contribution in [-0.2, 0) is 22.6 Å². The molecular weight excluding hydrogens is 506 g/mol. The fourth-order valence-corrected chi connectivity index (χ4v) is 5.75. The van der Waals surface area contributed by atoms with Crippen LogP contribution in [0.1, 0.15) is 57.1 Å². The van der Waals surface area contributed by atoms with Crippen molar-refractivity contribution in [2.75, 3.05) is 39.2 Å². The number of aliphatic hydroxyl groups excluding tert-OH is 1. The topological polar surface area (TPSA) is 91.3 Å².